The number of halogens is 1. The molecule has 0 radical (unpaired) electrons. The Morgan fingerprint density at radius 3 is 2.38 bits per heavy atom. The molecule has 0 spiro atoms. The van der Waals surface area contributed by atoms with Crippen molar-refractivity contribution in [3.8, 4) is 5.75 Å². The number of unbranched alkanes of at least 4 members (excludes halogenated alkanes) is 1. The zero-order valence-corrected chi connectivity index (χ0v) is 15.7. The first-order valence-electron chi connectivity index (χ1n) is 9.23. The number of benzene rings is 2. The minimum atomic E-state index is -0.352. The summed E-state index contributed by atoms with van der Waals surface area (Å²) in [5.41, 5.74) is 1.07. The largest absolute Gasteiger partial charge is 0.494 e. The lowest BCUT2D eigenvalue weighted by molar-refractivity contribution is 0.0951. The molecular weight excluding hydrogens is 375 g/mol. The van der Waals surface area contributed by atoms with Gasteiger partial charge >= 0.3 is 0 Å². The zero-order chi connectivity index (χ0) is 20.5. The quantitative estimate of drug-likeness (QED) is 0.530. The third-order valence-corrected chi connectivity index (χ3v) is 4.09. The zero-order valence-electron chi connectivity index (χ0n) is 15.7. The number of ether oxygens (including phenoxy) is 1. The summed E-state index contributed by atoms with van der Waals surface area (Å²) in [6.07, 6.45) is 2.94. The molecule has 29 heavy (non-hydrogen) atoms. The van der Waals surface area contributed by atoms with Crippen LogP contribution < -0.4 is 15.4 Å². The van der Waals surface area contributed by atoms with E-state index in [4.69, 9.17) is 9.15 Å². The first-order chi connectivity index (χ1) is 14.1. The summed E-state index contributed by atoms with van der Waals surface area (Å²) in [4.78, 5) is 24.1. The van der Waals surface area contributed by atoms with Gasteiger partial charge in [0.05, 0.1) is 12.9 Å². The van der Waals surface area contributed by atoms with Crippen molar-refractivity contribution in [2.24, 2.45) is 0 Å². The predicted octanol–water partition coefficient (Wildman–Crippen LogP) is 4.26. The van der Waals surface area contributed by atoms with Gasteiger partial charge in [0, 0.05) is 17.8 Å². The van der Waals surface area contributed by atoms with Crippen LogP contribution in [0, 0.1) is 5.82 Å². The topological polar surface area (TPSA) is 80.6 Å². The van der Waals surface area contributed by atoms with E-state index in [0.717, 1.165) is 12.8 Å². The van der Waals surface area contributed by atoms with Crippen LogP contribution in [-0.4, -0.2) is 25.0 Å². The lowest BCUT2D eigenvalue weighted by Gasteiger charge is -2.08. The summed E-state index contributed by atoms with van der Waals surface area (Å²) in [5.74, 6) is 0.00121. The molecule has 0 atom stereocenters. The fourth-order valence-electron chi connectivity index (χ4n) is 2.56. The molecule has 0 aliphatic rings. The number of amides is 2. The van der Waals surface area contributed by atoms with Crippen molar-refractivity contribution in [2.75, 3.05) is 18.5 Å². The molecule has 7 heteroatoms. The smallest absolute Gasteiger partial charge is 0.291 e. The molecule has 0 bridgehead atoms. The van der Waals surface area contributed by atoms with Crippen molar-refractivity contribution in [3.63, 3.8) is 0 Å². The minimum absolute atomic E-state index is 0.187. The van der Waals surface area contributed by atoms with Gasteiger partial charge in [-0.2, -0.15) is 0 Å². The first-order valence-corrected chi connectivity index (χ1v) is 9.23. The van der Waals surface area contributed by atoms with E-state index < -0.39 is 0 Å². The van der Waals surface area contributed by atoms with E-state index in [1.165, 1.54) is 18.4 Å². The van der Waals surface area contributed by atoms with Crippen LogP contribution in [0.25, 0.3) is 0 Å². The van der Waals surface area contributed by atoms with Crippen LogP contribution in [-0.2, 0) is 0 Å². The van der Waals surface area contributed by atoms with Gasteiger partial charge in [-0.1, -0.05) is 0 Å². The summed E-state index contributed by atoms with van der Waals surface area (Å²) < 4.78 is 23.3. The van der Waals surface area contributed by atoms with Crippen molar-refractivity contribution in [1.29, 1.82) is 0 Å². The van der Waals surface area contributed by atoms with Crippen molar-refractivity contribution in [2.45, 2.75) is 12.8 Å². The fourth-order valence-corrected chi connectivity index (χ4v) is 2.56. The Labute approximate surface area is 167 Å². The average molecular weight is 396 g/mol. The number of rotatable bonds is 9. The first kappa shape index (κ1) is 20.1. The Bertz CT molecular complexity index is 922. The van der Waals surface area contributed by atoms with Crippen LogP contribution in [0.1, 0.15) is 33.8 Å². The van der Waals surface area contributed by atoms with Gasteiger partial charge in [0.1, 0.15) is 11.6 Å². The van der Waals surface area contributed by atoms with Gasteiger partial charge < -0.3 is 19.8 Å². The van der Waals surface area contributed by atoms with Crippen LogP contribution in [0.15, 0.2) is 71.3 Å². The van der Waals surface area contributed by atoms with E-state index in [0.29, 0.717) is 30.2 Å². The molecule has 1 aromatic heterocycles. The average Bonchev–Trinajstić information content (AvgIpc) is 3.27. The summed E-state index contributed by atoms with van der Waals surface area (Å²) >= 11 is 0. The maximum Gasteiger partial charge on any atom is 0.291 e. The van der Waals surface area contributed by atoms with E-state index >= 15 is 0 Å². The highest BCUT2D eigenvalue weighted by Crippen LogP contribution is 2.13. The van der Waals surface area contributed by atoms with Gasteiger partial charge in [-0.3, -0.25) is 9.59 Å². The molecule has 3 aromatic rings. The molecule has 0 saturated carbocycles. The highest BCUT2D eigenvalue weighted by atomic mass is 19.1. The monoisotopic (exact) mass is 396 g/mol. The number of furan rings is 1. The van der Waals surface area contributed by atoms with E-state index in [1.54, 1.807) is 48.5 Å². The molecule has 6 nitrogen and oxygen atoms in total. The maximum absolute atomic E-state index is 12.8. The molecule has 2 N–H and O–H groups in total. The van der Waals surface area contributed by atoms with Crippen LogP contribution in [0.2, 0.25) is 0 Å². The van der Waals surface area contributed by atoms with Crippen LogP contribution in [0.4, 0.5) is 10.1 Å². The van der Waals surface area contributed by atoms with Crippen LogP contribution in [0.5, 0.6) is 5.75 Å². The van der Waals surface area contributed by atoms with E-state index in [-0.39, 0.29) is 23.4 Å². The number of carbonyl (C=O) groups excluding carboxylic acids is 2. The van der Waals surface area contributed by atoms with Gasteiger partial charge in [-0.25, -0.2) is 4.39 Å². The standard InChI is InChI=1S/C22H21FN2O4/c23-17-7-11-19(12-8-17)28-14-2-1-13-24-21(26)16-5-9-18(10-6-16)25-22(27)20-4-3-15-29-20/h3-12,15H,1-2,13-14H2,(H,24,26)(H,25,27). The molecule has 150 valence electrons. The second-order valence-corrected chi connectivity index (χ2v) is 6.27. The van der Waals surface area contributed by atoms with Gasteiger partial charge in [-0.15, -0.1) is 0 Å². The van der Waals surface area contributed by atoms with Crippen molar-refractivity contribution in [1.82, 2.24) is 5.32 Å². The summed E-state index contributed by atoms with van der Waals surface area (Å²) in [6.45, 7) is 1.01. The van der Waals surface area contributed by atoms with Gasteiger partial charge in [0.15, 0.2) is 5.76 Å². The van der Waals surface area contributed by atoms with Gasteiger partial charge in [-0.05, 0) is 73.5 Å². The fraction of sp³-hybridized carbons (Fsp3) is 0.182. The van der Waals surface area contributed by atoms with Crippen molar-refractivity contribution >= 4 is 17.5 Å². The Kier molecular flexibility index (Phi) is 7.00. The molecule has 2 amide bonds. The van der Waals surface area contributed by atoms with Crippen LogP contribution in [0.3, 0.4) is 0 Å². The highest BCUT2D eigenvalue weighted by Gasteiger charge is 2.09. The van der Waals surface area contributed by atoms with E-state index in [9.17, 15) is 14.0 Å². The molecule has 0 fully saturated rings. The molecular formula is C22H21FN2O4. The Morgan fingerprint density at radius 1 is 0.931 bits per heavy atom. The predicted molar refractivity (Wildman–Crippen MR) is 107 cm³/mol. The van der Waals surface area contributed by atoms with Crippen LogP contribution >= 0.6 is 0 Å². The maximum atomic E-state index is 12.8. The van der Waals surface area contributed by atoms with Gasteiger partial charge in [0.2, 0.25) is 0 Å². The number of nitrogens with one attached hydrogen (secondary N) is 2. The Hall–Kier alpha value is -3.61. The van der Waals surface area contributed by atoms with Crippen molar-refractivity contribution < 1.29 is 23.1 Å². The lowest BCUT2D eigenvalue weighted by atomic mass is 10.2. The molecule has 0 saturated heterocycles. The second kappa shape index (κ2) is 10.1. The SMILES string of the molecule is O=C(NCCCCOc1ccc(F)cc1)c1ccc(NC(=O)c2ccco2)cc1. The minimum Gasteiger partial charge on any atom is -0.494 e. The Morgan fingerprint density at radius 2 is 1.69 bits per heavy atom. The third kappa shape index (κ3) is 6.21. The molecule has 0 aliphatic carbocycles. The van der Waals surface area contributed by atoms with E-state index in [2.05, 4.69) is 10.6 Å². The lowest BCUT2D eigenvalue weighted by Crippen LogP contribution is -2.24. The van der Waals surface area contributed by atoms with Crippen molar-refractivity contribution in [3.05, 3.63) is 84.1 Å². The highest BCUT2D eigenvalue weighted by molar-refractivity contribution is 6.02. The second-order valence-electron chi connectivity index (χ2n) is 6.27. The molecule has 0 unspecified atom stereocenters. The van der Waals surface area contributed by atoms with E-state index in [1.807, 2.05) is 0 Å². The molecule has 2 aromatic carbocycles. The van der Waals surface area contributed by atoms with Gasteiger partial charge in [0.25, 0.3) is 11.8 Å². The number of anilines is 1. The number of hydrogen-bond acceptors (Lipinski definition) is 4. The summed E-state index contributed by atoms with van der Waals surface area (Å²) in [6, 6.07) is 15.7. The number of hydrogen-bond donors (Lipinski definition) is 2. The summed E-state index contributed by atoms with van der Waals surface area (Å²) in [7, 11) is 0. The normalized spacial score (nSPS) is 10.4. The molecule has 0 aliphatic heterocycles. The third-order valence-electron chi connectivity index (χ3n) is 4.09. The Balaban J connectivity index is 1.35. The summed E-state index contributed by atoms with van der Waals surface area (Å²) in [5, 5.41) is 5.54. The molecule has 1 heterocycles. The molecule has 3 rings (SSSR count). The number of carbonyl (C=O) groups is 2.